The van der Waals surface area contributed by atoms with Crippen molar-refractivity contribution >= 4 is 71.0 Å². The third-order valence-corrected chi connectivity index (χ3v) is 11.0. The number of benzene rings is 1. The van der Waals surface area contributed by atoms with E-state index in [-0.39, 0.29) is 18.8 Å². The molecule has 0 fully saturated rings. The summed E-state index contributed by atoms with van der Waals surface area (Å²) in [5.41, 5.74) is 17.0. The molecule has 0 aliphatic heterocycles. The molecule has 10 amide bonds. The molecule has 18 N–H and O–H groups in total. The van der Waals surface area contributed by atoms with Crippen LogP contribution in [-0.4, -0.2) is 159 Å². The minimum Gasteiger partial charge on any atom is -0.481 e. The Hall–Kier alpha value is -7.26. The Kier molecular flexibility index (Phi) is 26.4. The summed E-state index contributed by atoms with van der Waals surface area (Å²) in [6.07, 6.45) is -4.55. The Morgan fingerprint density at radius 2 is 1.01 bits per heavy atom. The molecule has 0 saturated carbocycles. The first-order valence-corrected chi connectivity index (χ1v) is 22.7. The molecule has 27 nitrogen and oxygen atoms in total. The van der Waals surface area contributed by atoms with Gasteiger partial charge in [0.05, 0.1) is 25.2 Å². The van der Waals surface area contributed by atoms with E-state index in [1.165, 1.54) is 13.8 Å². The molecule has 0 aromatic heterocycles. The highest BCUT2D eigenvalue weighted by molar-refractivity contribution is 5.99. The smallest absolute Gasteiger partial charge is 0.326 e. The summed E-state index contributed by atoms with van der Waals surface area (Å²) in [5.74, 6) is -14.5. The molecule has 27 heteroatoms. The lowest BCUT2D eigenvalue weighted by atomic mass is 9.96. The van der Waals surface area contributed by atoms with Crippen LogP contribution in [0.5, 0.6) is 0 Å². The minimum atomic E-state index is -1.81. The van der Waals surface area contributed by atoms with Crippen LogP contribution >= 0.6 is 0 Å². The van der Waals surface area contributed by atoms with Crippen molar-refractivity contribution in [1.29, 1.82) is 0 Å². The first kappa shape index (κ1) is 61.8. The highest BCUT2D eigenvalue weighted by Crippen LogP contribution is 2.12. The lowest BCUT2D eigenvalue weighted by molar-refractivity contribution is -0.143. The lowest BCUT2D eigenvalue weighted by Crippen LogP contribution is -2.62. The molecule has 396 valence electrons. The summed E-state index contributed by atoms with van der Waals surface area (Å²) in [5, 5.41) is 57.5. The molecule has 0 aliphatic rings. The monoisotopic (exact) mass is 1010 g/mol. The number of carbonyl (C=O) groups is 12. The number of carboxylic acid groups (broad SMARTS) is 2. The van der Waals surface area contributed by atoms with Crippen LogP contribution in [0.1, 0.15) is 85.6 Å². The van der Waals surface area contributed by atoms with Gasteiger partial charge in [0.15, 0.2) is 0 Å². The number of carboxylic acids is 2. The van der Waals surface area contributed by atoms with Crippen LogP contribution < -0.4 is 59.7 Å². The lowest BCUT2D eigenvalue weighted by Gasteiger charge is -2.29. The number of carbonyl (C=O) groups excluding carboxylic acids is 10. The van der Waals surface area contributed by atoms with E-state index in [2.05, 4.69) is 42.5 Å². The highest BCUT2D eigenvalue weighted by Gasteiger charge is 2.37. The van der Waals surface area contributed by atoms with Crippen molar-refractivity contribution in [2.45, 2.75) is 147 Å². The van der Waals surface area contributed by atoms with Crippen LogP contribution in [-0.2, 0) is 64.0 Å². The van der Waals surface area contributed by atoms with E-state index in [0.29, 0.717) is 5.56 Å². The van der Waals surface area contributed by atoms with Gasteiger partial charge >= 0.3 is 11.9 Å². The van der Waals surface area contributed by atoms with Gasteiger partial charge < -0.3 is 80.2 Å². The summed E-state index contributed by atoms with van der Waals surface area (Å²) in [6.45, 7) is 7.70. The van der Waals surface area contributed by atoms with Gasteiger partial charge in [0.25, 0.3) is 0 Å². The highest BCUT2D eigenvalue weighted by atomic mass is 16.4. The number of nitrogens with one attached hydrogen (secondary N) is 8. The predicted molar refractivity (Wildman–Crippen MR) is 249 cm³/mol. The van der Waals surface area contributed by atoms with E-state index in [1.54, 1.807) is 51.1 Å². The topological polar surface area (TPSA) is 460 Å². The van der Waals surface area contributed by atoms with Gasteiger partial charge in [0.2, 0.25) is 59.1 Å². The number of aliphatic hydroxyl groups is 2. The fraction of sp³-hybridized carbons (Fsp3) is 0.591. The van der Waals surface area contributed by atoms with Crippen molar-refractivity contribution in [2.24, 2.45) is 29.0 Å². The third-order valence-electron chi connectivity index (χ3n) is 11.0. The maximum atomic E-state index is 14.0. The maximum absolute atomic E-state index is 14.0. The third kappa shape index (κ3) is 21.9. The van der Waals surface area contributed by atoms with Gasteiger partial charge in [-0.25, -0.2) is 4.79 Å². The Balaban J connectivity index is 3.31. The molecule has 0 spiro atoms. The van der Waals surface area contributed by atoms with Crippen LogP contribution in [0.3, 0.4) is 0 Å². The zero-order chi connectivity index (χ0) is 54.3. The van der Waals surface area contributed by atoms with Crippen molar-refractivity contribution in [1.82, 2.24) is 42.5 Å². The Morgan fingerprint density at radius 1 is 0.549 bits per heavy atom. The SMILES string of the molecule is CC[C@H](C)[C@H](NC(=O)[C@H](CC(N)=O)NC(=O)[C@H](C)NC(=O)[C@H](CO)NC(=O)[C@@H](NC(=O)[C@@H](N)C(C)C)[C@@H](C)O)C(=O)N[C@@H](CCC(N)=O)C(=O)N[C@@H](CCC(=O)O)C(=O)N[C@@H](Cc1ccccc1)C(=O)O. The number of primary amides is 2. The molecule has 11 atom stereocenters. The summed E-state index contributed by atoms with van der Waals surface area (Å²) in [6, 6.07) is -6.01. The number of rotatable bonds is 32. The van der Waals surface area contributed by atoms with E-state index >= 15 is 0 Å². The molecule has 0 unspecified atom stereocenters. The van der Waals surface area contributed by atoms with Crippen molar-refractivity contribution < 1.29 is 78.0 Å². The Morgan fingerprint density at radius 3 is 1.49 bits per heavy atom. The van der Waals surface area contributed by atoms with Gasteiger partial charge in [-0.2, -0.15) is 0 Å². The van der Waals surface area contributed by atoms with E-state index in [1.807, 2.05) is 0 Å². The zero-order valence-electron chi connectivity index (χ0n) is 40.4. The number of hydrogen-bond acceptors (Lipinski definition) is 15. The summed E-state index contributed by atoms with van der Waals surface area (Å²) >= 11 is 0. The second-order valence-corrected chi connectivity index (χ2v) is 17.2. The van der Waals surface area contributed by atoms with E-state index < -0.39 is 176 Å². The molecular formula is C44H69N11O16. The fourth-order valence-electron chi connectivity index (χ4n) is 6.40. The van der Waals surface area contributed by atoms with Gasteiger partial charge in [-0.1, -0.05) is 64.4 Å². The molecular weight excluding hydrogens is 939 g/mol. The van der Waals surface area contributed by atoms with E-state index in [9.17, 15) is 78.0 Å². The molecule has 0 saturated heterocycles. The summed E-state index contributed by atoms with van der Waals surface area (Å²) in [7, 11) is 0. The van der Waals surface area contributed by atoms with Crippen LogP contribution in [0.4, 0.5) is 0 Å². The van der Waals surface area contributed by atoms with Gasteiger partial charge in [0.1, 0.15) is 48.3 Å². The Bertz CT molecular complexity index is 2060. The van der Waals surface area contributed by atoms with Crippen molar-refractivity contribution in [3.8, 4) is 0 Å². The molecule has 0 bridgehead atoms. The van der Waals surface area contributed by atoms with Crippen molar-refractivity contribution in [2.75, 3.05) is 6.61 Å². The largest absolute Gasteiger partial charge is 0.481 e. The Labute approximate surface area is 409 Å². The minimum absolute atomic E-state index is 0.181. The van der Waals surface area contributed by atoms with Crippen molar-refractivity contribution in [3.05, 3.63) is 35.9 Å². The molecule has 0 heterocycles. The summed E-state index contributed by atoms with van der Waals surface area (Å²) in [4.78, 5) is 154. The average Bonchev–Trinajstić information content (AvgIpc) is 3.29. The number of hydrogen-bond donors (Lipinski definition) is 15. The molecule has 1 aromatic rings. The van der Waals surface area contributed by atoms with Gasteiger partial charge in [-0.05, 0) is 44.1 Å². The van der Waals surface area contributed by atoms with E-state index in [4.69, 9.17) is 17.2 Å². The second-order valence-electron chi connectivity index (χ2n) is 17.2. The standard InChI is InChI=1S/C44H69N11O16/c1-7-21(4)34(42(68)50-25(13-15-30(45)58)37(63)49-26(14-16-32(60)61)38(64)52-28(44(70)71)17-24-11-9-8-10-12-24)54-39(65)27(18-31(46)59)51-36(62)22(5)48-40(66)29(19-56)53-43(69)35(23(6)57)55-41(67)33(47)20(2)3/h8-12,20-23,25-29,33-35,56-57H,7,13-19,47H2,1-6H3,(H2,45,58)(H2,46,59)(H,48,66)(H,49,63)(H,50,68)(H,51,62)(H,52,64)(H,53,69)(H,54,65)(H,55,67)(H,60,61)(H,70,71)/t21-,22-,23+,25-,26-,27-,28-,29-,33-,34-,35-/m0/s1. The quantitative estimate of drug-likeness (QED) is 0.0320. The maximum Gasteiger partial charge on any atom is 0.326 e. The number of aliphatic carboxylic acids is 2. The van der Waals surface area contributed by atoms with Crippen LogP contribution in [0, 0.1) is 11.8 Å². The van der Waals surface area contributed by atoms with E-state index in [0.717, 1.165) is 6.92 Å². The second kappa shape index (κ2) is 30.4. The van der Waals surface area contributed by atoms with Crippen molar-refractivity contribution in [3.63, 3.8) is 0 Å². The van der Waals surface area contributed by atoms with Gasteiger partial charge in [-0.3, -0.25) is 52.7 Å². The molecule has 0 radical (unpaired) electrons. The van der Waals surface area contributed by atoms with Gasteiger partial charge in [0, 0.05) is 19.3 Å². The zero-order valence-corrected chi connectivity index (χ0v) is 40.4. The first-order chi connectivity index (χ1) is 33.1. The number of nitrogens with two attached hydrogens (primary N) is 3. The normalized spacial score (nSPS) is 15.7. The first-order valence-electron chi connectivity index (χ1n) is 22.7. The van der Waals surface area contributed by atoms with Crippen LogP contribution in [0.15, 0.2) is 30.3 Å². The number of aliphatic hydroxyl groups excluding tert-OH is 2. The molecule has 1 aromatic carbocycles. The molecule has 0 aliphatic carbocycles. The summed E-state index contributed by atoms with van der Waals surface area (Å²) < 4.78 is 0. The predicted octanol–water partition coefficient (Wildman–Crippen LogP) is -5.38. The van der Waals surface area contributed by atoms with Crippen LogP contribution in [0.25, 0.3) is 0 Å². The molecule has 1 rings (SSSR count). The average molecular weight is 1010 g/mol. The van der Waals surface area contributed by atoms with Crippen LogP contribution in [0.2, 0.25) is 0 Å². The fourth-order valence-corrected chi connectivity index (χ4v) is 6.40. The van der Waals surface area contributed by atoms with Gasteiger partial charge in [-0.15, -0.1) is 0 Å². The number of amides is 10. The molecule has 71 heavy (non-hydrogen) atoms.